The molecule has 0 spiro atoms. The lowest BCUT2D eigenvalue weighted by Gasteiger charge is -2.03. The van der Waals surface area contributed by atoms with E-state index in [-0.39, 0.29) is 10.6 Å². The Labute approximate surface area is 131 Å². The molecule has 7 nitrogen and oxygen atoms in total. The highest BCUT2D eigenvalue weighted by molar-refractivity contribution is 7.89. The van der Waals surface area contributed by atoms with Gasteiger partial charge in [0, 0.05) is 17.2 Å². The Morgan fingerprint density at radius 3 is 2.23 bits per heavy atom. The number of halogens is 1. The normalized spacial score (nSPS) is 11.5. The second kappa shape index (κ2) is 6.54. The largest absolute Gasteiger partial charge is 0.276 e. The molecule has 2 rings (SSSR count). The SMILES string of the molecule is O=[N+]([O-])c1ccc(/C=N\NS(=O)(=O)c2ccc(Cl)cc2)cc1. The van der Waals surface area contributed by atoms with E-state index in [1.807, 2.05) is 4.83 Å². The highest BCUT2D eigenvalue weighted by atomic mass is 35.5. The zero-order chi connectivity index (χ0) is 16.2. The summed E-state index contributed by atoms with van der Waals surface area (Å²) in [5.74, 6) is 0. The summed E-state index contributed by atoms with van der Waals surface area (Å²) in [5.41, 5.74) is 0.461. The number of nitrogens with zero attached hydrogens (tertiary/aromatic N) is 2. The highest BCUT2D eigenvalue weighted by Gasteiger charge is 2.12. The number of benzene rings is 2. The van der Waals surface area contributed by atoms with Crippen LogP contribution in [0.25, 0.3) is 0 Å². The number of nitrogens with one attached hydrogen (secondary N) is 1. The third-order valence-corrected chi connectivity index (χ3v) is 4.10. The van der Waals surface area contributed by atoms with Crippen molar-refractivity contribution in [1.29, 1.82) is 0 Å². The number of nitro benzene ring substituents is 1. The minimum Gasteiger partial charge on any atom is -0.258 e. The summed E-state index contributed by atoms with van der Waals surface area (Å²) < 4.78 is 23.8. The topological polar surface area (TPSA) is 102 Å². The van der Waals surface area contributed by atoms with E-state index in [1.54, 1.807) is 0 Å². The molecule has 0 radical (unpaired) electrons. The van der Waals surface area contributed by atoms with E-state index in [1.165, 1.54) is 54.7 Å². The van der Waals surface area contributed by atoms with Crippen LogP contribution in [-0.2, 0) is 10.0 Å². The van der Waals surface area contributed by atoms with Gasteiger partial charge >= 0.3 is 0 Å². The van der Waals surface area contributed by atoms with Gasteiger partial charge in [-0.3, -0.25) is 10.1 Å². The Hall–Kier alpha value is -2.45. The van der Waals surface area contributed by atoms with Gasteiger partial charge in [-0.2, -0.15) is 13.5 Å². The van der Waals surface area contributed by atoms with Crippen molar-refractivity contribution in [2.75, 3.05) is 0 Å². The van der Waals surface area contributed by atoms with Gasteiger partial charge in [0.25, 0.3) is 15.7 Å². The second-order valence-corrected chi connectivity index (χ2v) is 6.25. The first-order chi connectivity index (χ1) is 10.4. The van der Waals surface area contributed by atoms with Crippen LogP contribution in [-0.4, -0.2) is 19.6 Å². The molecule has 0 saturated heterocycles. The molecule has 2 aromatic carbocycles. The van der Waals surface area contributed by atoms with Crippen molar-refractivity contribution in [3.8, 4) is 0 Å². The lowest BCUT2D eigenvalue weighted by atomic mass is 10.2. The maximum Gasteiger partial charge on any atom is 0.276 e. The molecular formula is C13H10ClN3O4S. The summed E-state index contributed by atoms with van der Waals surface area (Å²) >= 11 is 5.69. The molecule has 0 aliphatic carbocycles. The average Bonchev–Trinajstić information content (AvgIpc) is 2.48. The molecule has 0 aromatic heterocycles. The summed E-state index contributed by atoms with van der Waals surface area (Å²) in [7, 11) is -3.78. The number of nitro groups is 1. The van der Waals surface area contributed by atoms with Crippen LogP contribution in [0.4, 0.5) is 5.69 Å². The molecule has 0 saturated carbocycles. The quantitative estimate of drug-likeness (QED) is 0.513. The van der Waals surface area contributed by atoms with Crippen LogP contribution in [0.15, 0.2) is 58.5 Å². The molecule has 0 aliphatic rings. The lowest BCUT2D eigenvalue weighted by Crippen LogP contribution is -2.18. The van der Waals surface area contributed by atoms with Crippen LogP contribution in [0.5, 0.6) is 0 Å². The summed E-state index contributed by atoms with van der Waals surface area (Å²) in [5, 5.41) is 14.6. The Kier molecular flexibility index (Phi) is 4.74. The fraction of sp³-hybridized carbons (Fsp3) is 0. The van der Waals surface area contributed by atoms with Gasteiger partial charge in [-0.1, -0.05) is 11.6 Å². The van der Waals surface area contributed by atoms with Gasteiger partial charge in [0.2, 0.25) is 0 Å². The first-order valence-corrected chi connectivity index (χ1v) is 7.79. The van der Waals surface area contributed by atoms with Crippen molar-refractivity contribution >= 4 is 33.5 Å². The molecule has 0 fully saturated rings. The predicted octanol–water partition coefficient (Wildman–Crippen LogP) is 2.56. The van der Waals surface area contributed by atoms with Crippen LogP contribution < -0.4 is 4.83 Å². The van der Waals surface area contributed by atoms with Crippen LogP contribution >= 0.6 is 11.6 Å². The Morgan fingerprint density at radius 1 is 1.09 bits per heavy atom. The summed E-state index contributed by atoms with van der Waals surface area (Å²) in [6.45, 7) is 0. The molecule has 0 amide bonds. The van der Waals surface area contributed by atoms with Crippen LogP contribution in [0.2, 0.25) is 5.02 Å². The van der Waals surface area contributed by atoms with Crippen molar-refractivity contribution in [3.05, 3.63) is 69.2 Å². The minimum absolute atomic E-state index is 0.0257. The molecule has 1 N–H and O–H groups in total. The zero-order valence-electron chi connectivity index (χ0n) is 11.0. The molecular weight excluding hydrogens is 330 g/mol. The number of hydrogen-bond acceptors (Lipinski definition) is 5. The van der Waals surface area contributed by atoms with Gasteiger partial charge in [-0.05, 0) is 42.0 Å². The number of sulfonamides is 1. The standard InChI is InChI=1S/C13H10ClN3O4S/c14-11-3-7-13(8-4-11)22(20,21)16-15-9-10-1-5-12(6-2-10)17(18)19/h1-9,16H/b15-9-. The average molecular weight is 340 g/mol. The molecule has 0 atom stereocenters. The van der Waals surface area contributed by atoms with Gasteiger partial charge < -0.3 is 0 Å². The van der Waals surface area contributed by atoms with E-state index < -0.39 is 14.9 Å². The molecule has 0 heterocycles. The van der Waals surface area contributed by atoms with Gasteiger partial charge in [0.05, 0.1) is 16.0 Å². The maximum atomic E-state index is 11.9. The summed E-state index contributed by atoms with van der Waals surface area (Å²) in [4.78, 5) is 12.1. The fourth-order valence-corrected chi connectivity index (χ4v) is 2.44. The number of hydrogen-bond donors (Lipinski definition) is 1. The van der Waals surface area contributed by atoms with Gasteiger partial charge in [-0.15, -0.1) is 0 Å². The Bertz CT molecular complexity index is 802. The molecule has 2 aromatic rings. The lowest BCUT2D eigenvalue weighted by molar-refractivity contribution is -0.384. The first kappa shape index (κ1) is 15.9. The number of non-ortho nitro benzene ring substituents is 1. The van der Waals surface area contributed by atoms with Crippen LogP contribution in [0.1, 0.15) is 5.56 Å². The molecule has 114 valence electrons. The number of rotatable bonds is 5. The van der Waals surface area contributed by atoms with Gasteiger partial charge in [-0.25, -0.2) is 4.83 Å². The zero-order valence-corrected chi connectivity index (χ0v) is 12.6. The molecule has 0 bridgehead atoms. The molecule has 0 aliphatic heterocycles. The molecule has 9 heteroatoms. The minimum atomic E-state index is -3.78. The van der Waals surface area contributed by atoms with Crippen molar-refractivity contribution < 1.29 is 13.3 Å². The molecule has 22 heavy (non-hydrogen) atoms. The summed E-state index contributed by atoms with van der Waals surface area (Å²) in [6.07, 6.45) is 1.25. The van der Waals surface area contributed by atoms with E-state index in [0.29, 0.717) is 10.6 Å². The van der Waals surface area contributed by atoms with Crippen LogP contribution in [0, 0.1) is 10.1 Å². The van der Waals surface area contributed by atoms with Gasteiger partial charge in [0.1, 0.15) is 0 Å². The molecule has 0 unspecified atom stereocenters. The maximum absolute atomic E-state index is 11.9. The van der Waals surface area contributed by atoms with E-state index in [0.717, 1.165) is 0 Å². The van der Waals surface area contributed by atoms with Gasteiger partial charge in [0.15, 0.2) is 0 Å². The van der Waals surface area contributed by atoms with E-state index in [4.69, 9.17) is 11.6 Å². The Morgan fingerprint density at radius 2 is 1.68 bits per heavy atom. The Balaban J connectivity index is 2.08. The monoisotopic (exact) mass is 339 g/mol. The fourth-order valence-electron chi connectivity index (χ4n) is 1.52. The summed E-state index contributed by atoms with van der Waals surface area (Å²) in [6, 6.07) is 11.1. The predicted molar refractivity (Wildman–Crippen MR) is 82.5 cm³/mol. The second-order valence-electron chi connectivity index (χ2n) is 4.16. The van der Waals surface area contributed by atoms with Crippen molar-refractivity contribution in [1.82, 2.24) is 4.83 Å². The third kappa shape index (κ3) is 4.03. The third-order valence-electron chi connectivity index (χ3n) is 2.61. The highest BCUT2D eigenvalue weighted by Crippen LogP contribution is 2.14. The van der Waals surface area contributed by atoms with Crippen molar-refractivity contribution in [3.63, 3.8) is 0 Å². The number of hydrazone groups is 1. The van der Waals surface area contributed by atoms with Crippen LogP contribution in [0.3, 0.4) is 0 Å². The van der Waals surface area contributed by atoms with E-state index >= 15 is 0 Å². The smallest absolute Gasteiger partial charge is 0.258 e. The first-order valence-electron chi connectivity index (χ1n) is 5.93. The van der Waals surface area contributed by atoms with E-state index in [9.17, 15) is 18.5 Å². The van der Waals surface area contributed by atoms with Crippen molar-refractivity contribution in [2.45, 2.75) is 4.90 Å². The van der Waals surface area contributed by atoms with E-state index in [2.05, 4.69) is 5.10 Å². The van der Waals surface area contributed by atoms with Crippen molar-refractivity contribution in [2.24, 2.45) is 5.10 Å².